The number of hydrogen-bond acceptors (Lipinski definition) is 3. The zero-order chi connectivity index (χ0) is 16.0. The molecule has 0 aliphatic heterocycles. The topological polar surface area (TPSA) is 58.4 Å². The molecule has 0 spiro atoms. The van der Waals surface area contributed by atoms with Gasteiger partial charge in [0.15, 0.2) is 0 Å². The molecule has 0 radical (unpaired) electrons. The van der Waals surface area contributed by atoms with Gasteiger partial charge in [-0.1, -0.05) is 20.8 Å². The molecule has 0 bridgehead atoms. The molecule has 4 heteroatoms. The first kappa shape index (κ1) is 19.4. The lowest BCUT2D eigenvalue weighted by molar-refractivity contribution is -0.122. The summed E-state index contributed by atoms with van der Waals surface area (Å²) in [5.41, 5.74) is 5.87. The van der Waals surface area contributed by atoms with Gasteiger partial charge in [0.25, 0.3) is 0 Å². The molecule has 0 aromatic carbocycles. The highest BCUT2D eigenvalue weighted by atomic mass is 16.1. The minimum Gasteiger partial charge on any atom is -0.354 e. The number of nitrogens with one attached hydrogen (secondary N) is 1. The molecule has 1 atom stereocenters. The SMILES string of the molecule is CN(C)C(C)(C)CNC(=O)CCC(CCN)C(C)(C)C. The Morgan fingerprint density at radius 1 is 1.15 bits per heavy atom. The maximum atomic E-state index is 12.0. The van der Waals surface area contributed by atoms with E-state index in [2.05, 4.69) is 44.8 Å². The van der Waals surface area contributed by atoms with E-state index in [1.165, 1.54) is 0 Å². The van der Waals surface area contributed by atoms with Gasteiger partial charge >= 0.3 is 0 Å². The van der Waals surface area contributed by atoms with Crippen LogP contribution in [-0.2, 0) is 4.79 Å². The van der Waals surface area contributed by atoms with Crippen LogP contribution < -0.4 is 11.1 Å². The van der Waals surface area contributed by atoms with Crippen LogP contribution in [0.1, 0.15) is 53.9 Å². The second-order valence-electron chi connectivity index (χ2n) is 7.66. The Morgan fingerprint density at radius 2 is 1.70 bits per heavy atom. The van der Waals surface area contributed by atoms with Gasteiger partial charge in [-0.15, -0.1) is 0 Å². The Kier molecular flexibility index (Phi) is 7.74. The maximum absolute atomic E-state index is 12.0. The van der Waals surface area contributed by atoms with E-state index in [0.29, 0.717) is 25.4 Å². The highest BCUT2D eigenvalue weighted by Crippen LogP contribution is 2.31. The van der Waals surface area contributed by atoms with Crippen molar-refractivity contribution in [2.75, 3.05) is 27.2 Å². The molecule has 120 valence electrons. The van der Waals surface area contributed by atoms with Crippen LogP contribution in [0, 0.1) is 11.3 Å². The summed E-state index contributed by atoms with van der Waals surface area (Å²) >= 11 is 0. The van der Waals surface area contributed by atoms with Crippen LogP contribution in [0.2, 0.25) is 0 Å². The number of nitrogens with two attached hydrogens (primary N) is 1. The third kappa shape index (κ3) is 7.25. The number of carbonyl (C=O) groups is 1. The fourth-order valence-corrected chi connectivity index (χ4v) is 2.08. The Bertz CT molecular complexity index is 293. The lowest BCUT2D eigenvalue weighted by Crippen LogP contribution is -2.48. The van der Waals surface area contributed by atoms with Crippen LogP contribution in [0.15, 0.2) is 0 Å². The van der Waals surface area contributed by atoms with Crippen LogP contribution in [0.5, 0.6) is 0 Å². The molecule has 0 heterocycles. The number of nitrogens with zero attached hydrogens (tertiary/aromatic N) is 1. The first-order chi connectivity index (χ1) is 9.00. The number of hydrogen-bond donors (Lipinski definition) is 2. The molecular weight excluding hydrogens is 250 g/mol. The van der Waals surface area contributed by atoms with E-state index >= 15 is 0 Å². The fraction of sp³-hybridized carbons (Fsp3) is 0.938. The van der Waals surface area contributed by atoms with Gasteiger partial charge in [-0.05, 0) is 58.7 Å². The van der Waals surface area contributed by atoms with Crippen molar-refractivity contribution in [3.05, 3.63) is 0 Å². The normalized spacial score (nSPS) is 14.4. The smallest absolute Gasteiger partial charge is 0.220 e. The summed E-state index contributed by atoms with van der Waals surface area (Å²) in [6.45, 7) is 12.3. The van der Waals surface area contributed by atoms with Crippen molar-refractivity contribution in [3.8, 4) is 0 Å². The predicted molar refractivity (Wildman–Crippen MR) is 86.6 cm³/mol. The van der Waals surface area contributed by atoms with E-state index < -0.39 is 0 Å². The van der Waals surface area contributed by atoms with Crippen LogP contribution in [0.25, 0.3) is 0 Å². The molecule has 0 saturated heterocycles. The van der Waals surface area contributed by atoms with Crippen molar-refractivity contribution < 1.29 is 4.79 Å². The largest absolute Gasteiger partial charge is 0.354 e. The van der Waals surface area contributed by atoms with E-state index in [1.807, 2.05) is 14.1 Å². The second-order valence-corrected chi connectivity index (χ2v) is 7.66. The number of likely N-dealkylation sites (N-methyl/N-ethyl adjacent to an activating group) is 1. The lowest BCUT2D eigenvalue weighted by Gasteiger charge is -2.33. The van der Waals surface area contributed by atoms with Crippen molar-refractivity contribution in [1.82, 2.24) is 10.2 Å². The van der Waals surface area contributed by atoms with Gasteiger partial charge < -0.3 is 16.0 Å². The molecule has 0 aromatic heterocycles. The summed E-state index contributed by atoms with van der Waals surface area (Å²) in [5, 5.41) is 3.04. The van der Waals surface area contributed by atoms with E-state index in [1.54, 1.807) is 0 Å². The second kappa shape index (κ2) is 7.99. The maximum Gasteiger partial charge on any atom is 0.220 e. The number of rotatable bonds is 8. The van der Waals surface area contributed by atoms with Gasteiger partial charge in [-0.3, -0.25) is 4.79 Å². The number of amides is 1. The molecule has 4 nitrogen and oxygen atoms in total. The predicted octanol–water partition coefficient (Wildman–Crippen LogP) is 2.23. The zero-order valence-corrected chi connectivity index (χ0v) is 14.5. The third-order valence-electron chi connectivity index (χ3n) is 4.39. The average Bonchev–Trinajstić information content (AvgIpc) is 2.30. The first-order valence-corrected chi connectivity index (χ1v) is 7.65. The fourth-order valence-electron chi connectivity index (χ4n) is 2.08. The minimum absolute atomic E-state index is 0.0175. The van der Waals surface area contributed by atoms with Crippen LogP contribution in [0.3, 0.4) is 0 Å². The Labute approximate surface area is 125 Å². The summed E-state index contributed by atoms with van der Waals surface area (Å²) in [4.78, 5) is 14.1. The van der Waals surface area contributed by atoms with Gasteiger partial charge in [-0.2, -0.15) is 0 Å². The van der Waals surface area contributed by atoms with Gasteiger partial charge in [0.05, 0.1) is 0 Å². The van der Waals surface area contributed by atoms with E-state index in [4.69, 9.17) is 5.73 Å². The first-order valence-electron chi connectivity index (χ1n) is 7.65. The van der Waals surface area contributed by atoms with Crippen molar-refractivity contribution >= 4 is 5.91 Å². The summed E-state index contributed by atoms with van der Waals surface area (Å²) in [5.74, 6) is 0.645. The molecule has 0 saturated carbocycles. The highest BCUT2D eigenvalue weighted by Gasteiger charge is 2.25. The Hall–Kier alpha value is -0.610. The quantitative estimate of drug-likeness (QED) is 0.719. The van der Waals surface area contributed by atoms with Crippen molar-refractivity contribution in [3.63, 3.8) is 0 Å². The number of carbonyl (C=O) groups excluding carboxylic acids is 1. The van der Waals surface area contributed by atoms with Crippen molar-refractivity contribution in [1.29, 1.82) is 0 Å². The van der Waals surface area contributed by atoms with Crippen molar-refractivity contribution in [2.45, 2.75) is 59.4 Å². The molecule has 3 N–H and O–H groups in total. The molecule has 20 heavy (non-hydrogen) atoms. The summed E-state index contributed by atoms with van der Waals surface area (Å²) in [7, 11) is 4.06. The Morgan fingerprint density at radius 3 is 2.10 bits per heavy atom. The van der Waals surface area contributed by atoms with E-state index in [9.17, 15) is 4.79 Å². The molecule has 0 aliphatic carbocycles. The minimum atomic E-state index is -0.0175. The van der Waals surface area contributed by atoms with Crippen LogP contribution >= 0.6 is 0 Å². The van der Waals surface area contributed by atoms with Crippen LogP contribution in [0.4, 0.5) is 0 Å². The van der Waals surface area contributed by atoms with Crippen molar-refractivity contribution in [2.24, 2.45) is 17.1 Å². The van der Waals surface area contributed by atoms with E-state index in [0.717, 1.165) is 12.8 Å². The standard InChI is InChI=1S/C16H35N3O/c1-15(2,3)13(10-11-17)8-9-14(20)18-12-16(4,5)19(6)7/h13H,8-12,17H2,1-7H3,(H,18,20). The summed E-state index contributed by atoms with van der Waals surface area (Å²) in [6.07, 6.45) is 2.49. The molecular formula is C16H35N3O. The van der Waals surface area contributed by atoms with E-state index in [-0.39, 0.29) is 16.9 Å². The molecule has 0 fully saturated rings. The summed E-state index contributed by atoms with van der Waals surface area (Å²) < 4.78 is 0. The molecule has 0 aromatic rings. The van der Waals surface area contributed by atoms with Gasteiger partial charge in [0, 0.05) is 18.5 Å². The Balaban J connectivity index is 4.21. The zero-order valence-electron chi connectivity index (χ0n) is 14.5. The average molecular weight is 285 g/mol. The van der Waals surface area contributed by atoms with Gasteiger partial charge in [0.2, 0.25) is 5.91 Å². The summed E-state index contributed by atoms with van der Waals surface area (Å²) in [6, 6.07) is 0. The lowest BCUT2D eigenvalue weighted by atomic mass is 9.76. The third-order valence-corrected chi connectivity index (χ3v) is 4.39. The van der Waals surface area contributed by atoms with Crippen LogP contribution in [-0.4, -0.2) is 43.5 Å². The molecule has 0 rings (SSSR count). The van der Waals surface area contributed by atoms with Gasteiger partial charge in [0.1, 0.15) is 0 Å². The highest BCUT2D eigenvalue weighted by molar-refractivity contribution is 5.75. The van der Waals surface area contributed by atoms with Gasteiger partial charge in [-0.25, -0.2) is 0 Å². The monoisotopic (exact) mass is 285 g/mol. The molecule has 1 amide bonds. The molecule has 1 unspecified atom stereocenters. The molecule has 0 aliphatic rings.